The molecular formula is C11H21N3OS. The molecule has 0 spiro atoms. The molecule has 16 heavy (non-hydrogen) atoms. The third-order valence-corrected chi connectivity index (χ3v) is 3.23. The monoisotopic (exact) mass is 243 g/mol. The van der Waals surface area contributed by atoms with Crippen LogP contribution in [0.4, 0.5) is 5.13 Å². The summed E-state index contributed by atoms with van der Waals surface area (Å²) >= 11 is 1.73. The summed E-state index contributed by atoms with van der Waals surface area (Å²) in [5, 5.41) is 4.45. The van der Waals surface area contributed by atoms with Crippen LogP contribution in [0.15, 0.2) is 6.20 Å². The molecule has 0 saturated carbocycles. The Labute approximate surface area is 102 Å². The van der Waals surface area contributed by atoms with Crippen molar-refractivity contribution in [3.05, 3.63) is 11.1 Å². The third-order valence-electron chi connectivity index (χ3n) is 2.07. The number of anilines is 1. The number of nitrogens with zero attached hydrogens (tertiary/aromatic N) is 2. The fraction of sp³-hybridized carbons (Fsp3) is 0.727. The zero-order chi connectivity index (χ0) is 11.8. The Kier molecular flexibility index (Phi) is 6.37. The van der Waals surface area contributed by atoms with E-state index in [1.54, 1.807) is 11.3 Å². The molecular weight excluding hydrogens is 222 g/mol. The first-order chi connectivity index (χ1) is 7.74. The molecule has 0 aromatic carbocycles. The van der Waals surface area contributed by atoms with Crippen LogP contribution in [-0.4, -0.2) is 38.8 Å². The Hall–Kier alpha value is -0.650. The van der Waals surface area contributed by atoms with Gasteiger partial charge in [-0.3, -0.25) is 0 Å². The third kappa shape index (κ3) is 4.92. The molecule has 0 aliphatic rings. The fourth-order valence-electron chi connectivity index (χ4n) is 1.24. The first kappa shape index (κ1) is 13.4. The number of thiazole rings is 1. The average molecular weight is 243 g/mol. The van der Waals surface area contributed by atoms with Crippen molar-refractivity contribution >= 4 is 16.5 Å². The van der Waals surface area contributed by atoms with E-state index in [4.69, 9.17) is 4.74 Å². The standard InChI is InChI=1S/C11H21N3OS/c1-4-15-7-5-6-12-8-10-9-13-11(16-10)14(2)3/h9,12H,4-8H2,1-3H3. The molecule has 1 aromatic heterocycles. The largest absolute Gasteiger partial charge is 0.382 e. The van der Waals surface area contributed by atoms with Gasteiger partial charge >= 0.3 is 0 Å². The van der Waals surface area contributed by atoms with E-state index in [0.29, 0.717) is 0 Å². The zero-order valence-corrected chi connectivity index (χ0v) is 11.1. The minimum absolute atomic E-state index is 0.807. The summed E-state index contributed by atoms with van der Waals surface area (Å²) in [6.45, 7) is 5.57. The number of aromatic nitrogens is 1. The van der Waals surface area contributed by atoms with Gasteiger partial charge in [-0.2, -0.15) is 0 Å². The van der Waals surface area contributed by atoms with E-state index in [2.05, 4.69) is 10.3 Å². The van der Waals surface area contributed by atoms with E-state index in [9.17, 15) is 0 Å². The van der Waals surface area contributed by atoms with Crippen LogP contribution >= 0.6 is 11.3 Å². The van der Waals surface area contributed by atoms with Crippen molar-refractivity contribution in [2.75, 3.05) is 38.8 Å². The van der Waals surface area contributed by atoms with Crippen LogP contribution in [-0.2, 0) is 11.3 Å². The quantitative estimate of drug-likeness (QED) is 0.706. The van der Waals surface area contributed by atoms with Gasteiger partial charge in [0, 0.05) is 44.9 Å². The fourth-order valence-corrected chi connectivity index (χ4v) is 2.04. The van der Waals surface area contributed by atoms with Crippen molar-refractivity contribution in [2.24, 2.45) is 0 Å². The van der Waals surface area contributed by atoms with Crippen LogP contribution in [0.3, 0.4) is 0 Å². The van der Waals surface area contributed by atoms with Gasteiger partial charge in [0.15, 0.2) is 5.13 Å². The molecule has 92 valence electrons. The molecule has 4 nitrogen and oxygen atoms in total. The molecule has 1 aromatic rings. The Morgan fingerprint density at radius 3 is 2.94 bits per heavy atom. The molecule has 0 unspecified atom stereocenters. The van der Waals surface area contributed by atoms with Crippen molar-refractivity contribution in [1.82, 2.24) is 10.3 Å². The summed E-state index contributed by atoms with van der Waals surface area (Å²) in [6.07, 6.45) is 3.00. The Balaban J connectivity index is 2.12. The normalized spacial score (nSPS) is 10.7. The highest BCUT2D eigenvalue weighted by molar-refractivity contribution is 7.15. The van der Waals surface area contributed by atoms with Crippen LogP contribution in [0.1, 0.15) is 18.2 Å². The summed E-state index contributed by atoms with van der Waals surface area (Å²) in [5.41, 5.74) is 0. The van der Waals surface area contributed by atoms with Gasteiger partial charge in [-0.25, -0.2) is 4.98 Å². The van der Waals surface area contributed by atoms with Crippen molar-refractivity contribution in [3.8, 4) is 0 Å². The van der Waals surface area contributed by atoms with E-state index in [1.807, 2.05) is 32.1 Å². The first-order valence-electron chi connectivity index (χ1n) is 5.64. The molecule has 0 atom stereocenters. The summed E-state index contributed by atoms with van der Waals surface area (Å²) in [4.78, 5) is 7.63. The van der Waals surface area contributed by atoms with Crippen LogP contribution < -0.4 is 10.2 Å². The maximum atomic E-state index is 5.26. The van der Waals surface area contributed by atoms with Crippen LogP contribution in [0.2, 0.25) is 0 Å². The molecule has 5 heteroatoms. The molecule has 0 fully saturated rings. The second-order valence-electron chi connectivity index (χ2n) is 3.73. The maximum absolute atomic E-state index is 5.26. The van der Waals surface area contributed by atoms with E-state index in [-0.39, 0.29) is 0 Å². The molecule has 1 heterocycles. The number of hydrogen-bond donors (Lipinski definition) is 1. The minimum atomic E-state index is 0.807. The lowest BCUT2D eigenvalue weighted by atomic mass is 10.4. The van der Waals surface area contributed by atoms with Crippen LogP contribution in [0, 0.1) is 0 Å². The number of rotatable bonds is 8. The molecule has 0 aliphatic heterocycles. The van der Waals surface area contributed by atoms with Gasteiger partial charge in [0.2, 0.25) is 0 Å². The summed E-state index contributed by atoms with van der Waals surface area (Å²) in [7, 11) is 4.02. The van der Waals surface area contributed by atoms with Crippen molar-refractivity contribution in [3.63, 3.8) is 0 Å². The molecule has 0 aliphatic carbocycles. The summed E-state index contributed by atoms with van der Waals surface area (Å²) in [5.74, 6) is 0. The first-order valence-corrected chi connectivity index (χ1v) is 6.46. The Morgan fingerprint density at radius 2 is 2.31 bits per heavy atom. The van der Waals surface area contributed by atoms with Gasteiger partial charge in [0.25, 0.3) is 0 Å². The van der Waals surface area contributed by atoms with Crippen LogP contribution in [0.25, 0.3) is 0 Å². The van der Waals surface area contributed by atoms with E-state index in [0.717, 1.165) is 37.9 Å². The highest BCUT2D eigenvalue weighted by Gasteiger charge is 2.02. The van der Waals surface area contributed by atoms with Gasteiger partial charge in [-0.1, -0.05) is 0 Å². The Bertz CT molecular complexity index is 289. The van der Waals surface area contributed by atoms with E-state index < -0.39 is 0 Å². The molecule has 1 N–H and O–H groups in total. The second kappa shape index (κ2) is 7.60. The van der Waals surface area contributed by atoms with Gasteiger partial charge in [-0.05, 0) is 19.9 Å². The van der Waals surface area contributed by atoms with E-state index in [1.165, 1.54) is 4.88 Å². The average Bonchev–Trinajstić information content (AvgIpc) is 2.72. The van der Waals surface area contributed by atoms with Crippen LogP contribution in [0.5, 0.6) is 0 Å². The lowest BCUT2D eigenvalue weighted by Gasteiger charge is -2.05. The lowest BCUT2D eigenvalue weighted by molar-refractivity contribution is 0.144. The van der Waals surface area contributed by atoms with Crippen molar-refractivity contribution in [1.29, 1.82) is 0 Å². The molecule has 1 rings (SSSR count). The lowest BCUT2D eigenvalue weighted by Crippen LogP contribution is -2.15. The van der Waals surface area contributed by atoms with Gasteiger partial charge < -0.3 is 15.0 Å². The van der Waals surface area contributed by atoms with E-state index >= 15 is 0 Å². The van der Waals surface area contributed by atoms with Gasteiger partial charge in [-0.15, -0.1) is 11.3 Å². The maximum Gasteiger partial charge on any atom is 0.185 e. The summed E-state index contributed by atoms with van der Waals surface area (Å²) < 4.78 is 5.26. The zero-order valence-electron chi connectivity index (χ0n) is 10.3. The predicted molar refractivity (Wildman–Crippen MR) is 69.3 cm³/mol. The number of ether oxygens (including phenoxy) is 1. The highest BCUT2D eigenvalue weighted by Crippen LogP contribution is 2.19. The van der Waals surface area contributed by atoms with Crippen molar-refractivity contribution in [2.45, 2.75) is 19.9 Å². The summed E-state index contributed by atoms with van der Waals surface area (Å²) in [6, 6.07) is 0. The molecule has 0 amide bonds. The molecule has 0 radical (unpaired) electrons. The second-order valence-corrected chi connectivity index (χ2v) is 4.82. The molecule has 0 bridgehead atoms. The van der Waals surface area contributed by atoms with Gasteiger partial charge in [0.05, 0.1) is 0 Å². The molecule has 0 saturated heterocycles. The Morgan fingerprint density at radius 1 is 1.50 bits per heavy atom. The smallest absolute Gasteiger partial charge is 0.185 e. The number of hydrogen-bond acceptors (Lipinski definition) is 5. The van der Waals surface area contributed by atoms with Gasteiger partial charge in [0.1, 0.15) is 0 Å². The SMILES string of the molecule is CCOCCCNCc1cnc(N(C)C)s1. The van der Waals surface area contributed by atoms with Crippen molar-refractivity contribution < 1.29 is 4.74 Å². The minimum Gasteiger partial charge on any atom is -0.382 e. The highest BCUT2D eigenvalue weighted by atomic mass is 32.1. The predicted octanol–water partition coefficient (Wildman–Crippen LogP) is 1.73. The topological polar surface area (TPSA) is 37.4 Å². The number of nitrogens with one attached hydrogen (secondary N) is 1.